The highest BCUT2D eigenvalue weighted by Crippen LogP contribution is 2.76. The van der Waals surface area contributed by atoms with Gasteiger partial charge in [0.2, 0.25) is 5.91 Å². The lowest BCUT2D eigenvalue weighted by atomic mass is 9.33. The SMILES string of the molecule is C.C=CC.CC1C(OC(=O)CC(O)C(=O)O)CCC2(C)C1CCC1(C)C2CCC2[C@H]3CCCC3(C(=O)N(C)C)CC[C@]21C. The highest BCUT2D eigenvalue weighted by molar-refractivity contribution is 5.83. The van der Waals surface area contributed by atoms with Crippen LogP contribution in [0.2, 0.25) is 0 Å². The van der Waals surface area contributed by atoms with Gasteiger partial charge < -0.3 is 19.8 Å². The Bertz CT molecular complexity index is 1060. The van der Waals surface area contributed by atoms with Crippen molar-refractivity contribution in [2.75, 3.05) is 14.1 Å². The molecule has 5 fully saturated rings. The molecule has 246 valence electrons. The van der Waals surface area contributed by atoms with Gasteiger partial charge in [-0.05, 0) is 117 Å². The van der Waals surface area contributed by atoms with E-state index in [1.807, 2.05) is 25.9 Å². The quantitative estimate of drug-likeness (QED) is 0.256. The minimum atomic E-state index is -1.71. The van der Waals surface area contributed by atoms with Crippen LogP contribution in [-0.4, -0.2) is 59.3 Å². The number of hydrogen-bond acceptors (Lipinski definition) is 5. The summed E-state index contributed by atoms with van der Waals surface area (Å²) in [7, 11) is 3.87. The molecular formula is C36H61NO6. The van der Waals surface area contributed by atoms with E-state index in [2.05, 4.69) is 34.3 Å². The fourth-order valence-electron chi connectivity index (χ4n) is 11.6. The van der Waals surface area contributed by atoms with E-state index >= 15 is 0 Å². The van der Waals surface area contributed by atoms with Crippen molar-refractivity contribution in [1.29, 1.82) is 0 Å². The maximum Gasteiger partial charge on any atom is 0.333 e. The van der Waals surface area contributed by atoms with Crippen LogP contribution in [-0.2, 0) is 19.1 Å². The van der Waals surface area contributed by atoms with E-state index in [0.29, 0.717) is 29.6 Å². The second-order valence-electron chi connectivity index (χ2n) is 15.5. The Morgan fingerprint density at radius 3 is 2.19 bits per heavy atom. The number of allylic oxidation sites excluding steroid dienone is 1. The second-order valence-corrected chi connectivity index (χ2v) is 15.5. The monoisotopic (exact) mass is 603 g/mol. The highest BCUT2D eigenvalue weighted by Gasteiger charge is 2.70. The van der Waals surface area contributed by atoms with Gasteiger partial charge in [-0.1, -0.05) is 47.6 Å². The molecule has 5 rings (SSSR count). The molecule has 2 N–H and O–H groups in total. The third kappa shape index (κ3) is 5.59. The minimum Gasteiger partial charge on any atom is -0.479 e. The molecule has 0 aromatic rings. The molecule has 7 nitrogen and oxygen atoms in total. The minimum absolute atomic E-state index is 0. The molecule has 11 atom stereocenters. The van der Waals surface area contributed by atoms with E-state index in [-0.39, 0.29) is 41.1 Å². The molecule has 0 aromatic carbocycles. The number of nitrogens with zero attached hydrogens (tertiary/aromatic N) is 1. The van der Waals surface area contributed by atoms with Crippen molar-refractivity contribution >= 4 is 17.8 Å². The highest BCUT2D eigenvalue weighted by atomic mass is 16.5. The molecule has 1 amide bonds. The van der Waals surface area contributed by atoms with Crippen molar-refractivity contribution in [1.82, 2.24) is 4.90 Å². The summed E-state index contributed by atoms with van der Waals surface area (Å²) >= 11 is 0. The van der Waals surface area contributed by atoms with E-state index in [0.717, 1.165) is 38.5 Å². The smallest absolute Gasteiger partial charge is 0.333 e. The van der Waals surface area contributed by atoms with Crippen molar-refractivity contribution in [3.05, 3.63) is 12.7 Å². The predicted molar refractivity (Wildman–Crippen MR) is 170 cm³/mol. The maximum atomic E-state index is 13.6. The van der Waals surface area contributed by atoms with Crippen LogP contribution in [0.5, 0.6) is 0 Å². The number of rotatable bonds is 5. The number of fused-ring (bicyclic) bond motifs is 7. The van der Waals surface area contributed by atoms with Crippen LogP contribution in [0.3, 0.4) is 0 Å². The Morgan fingerprint density at radius 2 is 1.58 bits per heavy atom. The number of aliphatic hydroxyl groups is 1. The molecule has 0 aliphatic heterocycles. The molecule has 5 aliphatic carbocycles. The van der Waals surface area contributed by atoms with E-state index in [9.17, 15) is 19.5 Å². The zero-order valence-corrected chi connectivity index (χ0v) is 27.3. The van der Waals surface area contributed by atoms with Crippen molar-refractivity contribution < 1.29 is 29.3 Å². The first-order valence-electron chi connectivity index (χ1n) is 16.5. The van der Waals surface area contributed by atoms with Crippen LogP contribution in [0, 0.1) is 51.2 Å². The molecule has 9 unspecified atom stereocenters. The van der Waals surface area contributed by atoms with Crippen LogP contribution in [0.1, 0.15) is 119 Å². The largest absolute Gasteiger partial charge is 0.479 e. The molecule has 0 spiro atoms. The number of aliphatic hydroxyl groups excluding tert-OH is 1. The third-order valence-electron chi connectivity index (χ3n) is 13.6. The molecule has 0 bridgehead atoms. The molecule has 0 heterocycles. The Kier molecular flexibility index (Phi) is 10.6. The lowest BCUT2D eigenvalue weighted by molar-refractivity contribution is -0.235. The molecule has 5 saturated carbocycles. The van der Waals surface area contributed by atoms with Gasteiger partial charge >= 0.3 is 11.9 Å². The average molecular weight is 604 g/mol. The summed E-state index contributed by atoms with van der Waals surface area (Å²) in [6, 6.07) is 0. The molecule has 0 saturated heterocycles. The Labute approximate surface area is 261 Å². The number of aliphatic carboxylic acids is 1. The zero-order valence-electron chi connectivity index (χ0n) is 27.3. The van der Waals surface area contributed by atoms with Gasteiger partial charge in [-0.25, -0.2) is 4.79 Å². The van der Waals surface area contributed by atoms with Crippen molar-refractivity contribution in [2.24, 2.45) is 51.2 Å². The molecule has 7 heteroatoms. The summed E-state index contributed by atoms with van der Waals surface area (Å²) in [5.41, 5.74) is 0.483. The van der Waals surface area contributed by atoms with Gasteiger partial charge in [0.05, 0.1) is 11.8 Å². The molecular weight excluding hydrogens is 542 g/mol. The van der Waals surface area contributed by atoms with Gasteiger partial charge in [-0.15, -0.1) is 6.58 Å². The van der Waals surface area contributed by atoms with Crippen molar-refractivity contribution in [3.8, 4) is 0 Å². The first-order valence-corrected chi connectivity index (χ1v) is 16.5. The van der Waals surface area contributed by atoms with Crippen LogP contribution in [0.25, 0.3) is 0 Å². The standard InChI is InChI=1S/C32H51NO6.C3H6.CH4/c1-19-20-11-15-31(4)25(29(20,2)14-12-24(19)39-26(35)18-23(34)27(36)37)10-9-21-22-8-7-13-32(22,28(38)33(5)6)17-16-30(21,31)3;1-3-2;/h19-25,34H,7-18H2,1-6H3,(H,36,37);3H,1H2,2H3;1H4/t19?,20?,21?,22-,23?,24?,25?,29?,30-,31?,32?;;/m1../s1. The van der Waals surface area contributed by atoms with Gasteiger partial charge in [0.1, 0.15) is 6.10 Å². The van der Waals surface area contributed by atoms with Crippen LogP contribution in [0.15, 0.2) is 12.7 Å². The van der Waals surface area contributed by atoms with Gasteiger partial charge in [0.15, 0.2) is 6.10 Å². The fraction of sp³-hybridized carbons (Fsp3) is 0.861. The average Bonchev–Trinajstić information content (AvgIpc) is 3.36. The summed E-state index contributed by atoms with van der Waals surface area (Å²) in [4.78, 5) is 38.8. The van der Waals surface area contributed by atoms with E-state index in [4.69, 9.17) is 9.84 Å². The lowest BCUT2D eigenvalue weighted by Crippen LogP contribution is -2.66. The van der Waals surface area contributed by atoms with Crippen LogP contribution in [0.4, 0.5) is 0 Å². The van der Waals surface area contributed by atoms with E-state index < -0.39 is 24.5 Å². The lowest BCUT2D eigenvalue weighted by Gasteiger charge is -2.71. The molecule has 43 heavy (non-hydrogen) atoms. The second kappa shape index (κ2) is 12.8. The van der Waals surface area contributed by atoms with E-state index in [1.165, 1.54) is 32.1 Å². The maximum absolute atomic E-state index is 13.6. The summed E-state index contributed by atoms with van der Waals surface area (Å²) in [5.74, 6) is 0.736. The summed E-state index contributed by atoms with van der Waals surface area (Å²) in [5, 5.41) is 18.6. The van der Waals surface area contributed by atoms with Crippen LogP contribution < -0.4 is 0 Å². The van der Waals surface area contributed by atoms with Gasteiger partial charge in [-0.2, -0.15) is 0 Å². The van der Waals surface area contributed by atoms with Gasteiger partial charge in [0.25, 0.3) is 0 Å². The van der Waals surface area contributed by atoms with Gasteiger partial charge in [-0.3, -0.25) is 9.59 Å². The number of hydrogen-bond donors (Lipinski definition) is 2. The predicted octanol–water partition coefficient (Wildman–Crippen LogP) is 7.12. The number of esters is 1. The van der Waals surface area contributed by atoms with Crippen LogP contribution >= 0.6 is 0 Å². The number of carboxylic acid groups (broad SMARTS) is 1. The number of amides is 1. The molecule has 0 radical (unpaired) electrons. The molecule has 0 aromatic heterocycles. The third-order valence-corrected chi connectivity index (χ3v) is 13.6. The normalized spacial score (nSPS) is 43.4. The first kappa shape index (κ1) is 35.6. The van der Waals surface area contributed by atoms with E-state index in [1.54, 1.807) is 6.08 Å². The topological polar surface area (TPSA) is 104 Å². The summed E-state index contributed by atoms with van der Waals surface area (Å²) < 4.78 is 5.79. The zero-order chi connectivity index (χ0) is 31.3. The fourth-order valence-corrected chi connectivity index (χ4v) is 11.6. The summed E-state index contributed by atoms with van der Waals surface area (Å²) in [6.45, 7) is 15.1. The number of ether oxygens (including phenoxy) is 1. The number of carbonyl (C=O) groups excluding carboxylic acids is 2. The summed E-state index contributed by atoms with van der Waals surface area (Å²) in [6.07, 6.45) is 11.4. The Hall–Kier alpha value is -1.89. The molecule has 5 aliphatic rings. The number of carboxylic acids is 1. The number of carbonyl (C=O) groups is 3. The Balaban J connectivity index is 0.00000121. The van der Waals surface area contributed by atoms with Crippen molar-refractivity contribution in [3.63, 3.8) is 0 Å². The van der Waals surface area contributed by atoms with Gasteiger partial charge in [0, 0.05) is 14.1 Å². The Morgan fingerprint density at radius 1 is 0.930 bits per heavy atom. The first-order chi connectivity index (χ1) is 19.6. The van der Waals surface area contributed by atoms with Crippen molar-refractivity contribution in [2.45, 2.75) is 131 Å².